The van der Waals surface area contributed by atoms with Gasteiger partial charge in [0.1, 0.15) is 18.2 Å². The zero-order chi connectivity index (χ0) is 24.8. The SMILES string of the molecule is Cc1ccc2c(oc3c(-c4ccccc4)ccc(C#N)c32)c1-c1ccc(-c2ccccc2)c(C)[n+]1C. The third-order valence-electron chi connectivity index (χ3n) is 7.21. The Morgan fingerprint density at radius 1 is 0.694 bits per heavy atom. The van der Waals surface area contributed by atoms with Gasteiger partial charge in [0.25, 0.3) is 0 Å². The maximum absolute atomic E-state index is 9.94. The molecule has 3 heteroatoms. The Balaban J connectivity index is 1.66. The van der Waals surface area contributed by atoms with Crippen LogP contribution in [-0.4, -0.2) is 0 Å². The van der Waals surface area contributed by atoms with Crippen molar-refractivity contribution < 1.29 is 8.98 Å². The van der Waals surface area contributed by atoms with E-state index in [0.29, 0.717) is 5.56 Å². The van der Waals surface area contributed by atoms with Gasteiger partial charge in [-0.2, -0.15) is 9.83 Å². The maximum atomic E-state index is 9.94. The third kappa shape index (κ3) is 3.31. The number of hydrogen-bond donors (Lipinski definition) is 0. The summed E-state index contributed by atoms with van der Waals surface area (Å²) in [5.41, 5.74) is 11.1. The summed E-state index contributed by atoms with van der Waals surface area (Å²) in [5, 5.41) is 11.8. The van der Waals surface area contributed by atoms with Gasteiger partial charge in [0.05, 0.1) is 17.2 Å². The van der Waals surface area contributed by atoms with Gasteiger partial charge >= 0.3 is 0 Å². The molecule has 6 rings (SSSR count). The molecule has 2 aromatic heterocycles. The molecule has 0 spiro atoms. The maximum Gasteiger partial charge on any atom is 0.216 e. The molecule has 0 aliphatic rings. The first-order chi connectivity index (χ1) is 17.6. The number of nitrogens with zero attached hydrogens (tertiary/aromatic N) is 2. The van der Waals surface area contributed by atoms with Crippen molar-refractivity contribution in [1.82, 2.24) is 0 Å². The van der Waals surface area contributed by atoms with Crippen molar-refractivity contribution in [3.63, 3.8) is 0 Å². The topological polar surface area (TPSA) is 40.8 Å². The minimum atomic E-state index is 0.623. The van der Waals surface area contributed by atoms with Crippen LogP contribution < -0.4 is 4.57 Å². The number of hydrogen-bond acceptors (Lipinski definition) is 2. The largest absolute Gasteiger partial charge is 0.454 e. The zero-order valence-electron chi connectivity index (χ0n) is 20.5. The fraction of sp³-hybridized carbons (Fsp3) is 0.0909. The number of rotatable bonds is 3. The van der Waals surface area contributed by atoms with E-state index in [-0.39, 0.29) is 0 Å². The Bertz CT molecular complexity index is 1810. The van der Waals surface area contributed by atoms with Gasteiger partial charge in [0, 0.05) is 34.9 Å². The van der Waals surface area contributed by atoms with Crippen molar-refractivity contribution in [2.24, 2.45) is 7.05 Å². The van der Waals surface area contributed by atoms with Crippen LogP contribution in [0.5, 0.6) is 0 Å². The summed E-state index contributed by atoms with van der Waals surface area (Å²) in [5.74, 6) is 0. The Hall–Kier alpha value is -4.68. The highest BCUT2D eigenvalue weighted by atomic mass is 16.3. The standard InChI is InChI=1S/C33H25N2O/c1-21-14-16-28-31-25(20-34)15-17-27(24-12-8-5-9-13-24)32(31)36-33(28)30(21)29-19-18-26(22(2)35(29)3)23-10-6-4-7-11-23/h4-19H,1-3H3/q+1. The number of pyridine rings is 1. The van der Waals surface area contributed by atoms with Crippen molar-refractivity contribution >= 4 is 21.9 Å². The van der Waals surface area contributed by atoms with Gasteiger partial charge in [-0.25, -0.2) is 0 Å². The van der Waals surface area contributed by atoms with Crippen LogP contribution in [0.2, 0.25) is 0 Å². The first-order valence-corrected chi connectivity index (χ1v) is 12.1. The number of aryl methyl sites for hydroxylation is 1. The molecule has 0 saturated carbocycles. The average Bonchev–Trinajstić information content (AvgIpc) is 3.31. The van der Waals surface area contributed by atoms with Gasteiger partial charge in [-0.1, -0.05) is 72.8 Å². The molecule has 0 atom stereocenters. The van der Waals surface area contributed by atoms with E-state index >= 15 is 0 Å². The van der Waals surface area contributed by atoms with E-state index in [4.69, 9.17) is 4.42 Å². The van der Waals surface area contributed by atoms with E-state index in [1.54, 1.807) is 0 Å². The summed E-state index contributed by atoms with van der Waals surface area (Å²) in [4.78, 5) is 0. The summed E-state index contributed by atoms with van der Waals surface area (Å²) in [7, 11) is 2.11. The highest BCUT2D eigenvalue weighted by Gasteiger charge is 2.25. The second-order valence-electron chi connectivity index (χ2n) is 9.22. The molecule has 0 saturated heterocycles. The molecule has 0 aliphatic heterocycles. The minimum absolute atomic E-state index is 0.623. The van der Waals surface area contributed by atoms with E-state index < -0.39 is 0 Å². The second-order valence-corrected chi connectivity index (χ2v) is 9.22. The summed E-state index contributed by atoms with van der Waals surface area (Å²) in [6.07, 6.45) is 0. The number of furan rings is 1. The molecule has 0 bridgehead atoms. The van der Waals surface area contributed by atoms with Gasteiger partial charge in [0.15, 0.2) is 5.69 Å². The summed E-state index contributed by atoms with van der Waals surface area (Å²) in [6, 6.07) is 35.5. The van der Waals surface area contributed by atoms with E-state index in [1.165, 1.54) is 16.8 Å². The van der Waals surface area contributed by atoms with Crippen molar-refractivity contribution in [2.45, 2.75) is 13.8 Å². The molecule has 0 N–H and O–H groups in total. The third-order valence-corrected chi connectivity index (χ3v) is 7.21. The fourth-order valence-electron chi connectivity index (χ4n) is 5.23. The number of fused-ring (bicyclic) bond motifs is 3. The lowest BCUT2D eigenvalue weighted by Crippen LogP contribution is -2.35. The quantitative estimate of drug-likeness (QED) is 0.249. The highest BCUT2D eigenvalue weighted by molar-refractivity contribution is 6.15. The Kier molecular flexibility index (Phi) is 5.16. The molecular weight excluding hydrogens is 440 g/mol. The summed E-state index contributed by atoms with van der Waals surface area (Å²) < 4.78 is 8.93. The van der Waals surface area contributed by atoms with Crippen molar-refractivity contribution in [1.29, 1.82) is 5.26 Å². The van der Waals surface area contributed by atoms with E-state index in [9.17, 15) is 5.26 Å². The smallest absolute Gasteiger partial charge is 0.216 e. The van der Waals surface area contributed by atoms with Crippen LogP contribution >= 0.6 is 0 Å². The van der Waals surface area contributed by atoms with E-state index in [2.05, 4.69) is 92.2 Å². The molecule has 0 aliphatic carbocycles. The van der Waals surface area contributed by atoms with Gasteiger partial charge in [-0.3, -0.25) is 0 Å². The van der Waals surface area contributed by atoms with Gasteiger partial charge in [-0.05, 0) is 41.8 Å². The molecule has 0 unspecified atom stereocenters. The van der Waals surface area contributed by atoms with Crippen molar-refractivity contribution in [3.05, 3.63) is 114 Å². The van der Waals surface area contributed by atoms with Gasteiger partial charge in [-0.15, -0.1) is 0 Å². The molecule has 0 amide bonds. The van der Waals surface area contributed by atoms with Crippen molar-refractivity contribution in [2.75, 3.05) is 0 Å². The van der Waals surface area contributed by atoms with Crippen LogP contribution in [0.25, 0.3) is 55.4 Å². The molecule has 6 aromatic rings. The van der Waals surface area contributed by atoms with Gasteiger partial charge in [0.2, 0.25) is 5.69 Å². The first-order valence-electron chi connectivity index (χ1n) is 12.1. The van der Waals surface area contributed by atoms with Crippen LogP contribution in [0.4, 0.5) is 0 Å². The second kappa shape index (κ2) is 8.52. The molecule has 0 radical (unpaired) electrons. The fourth-order valence-corrected chi connectivity index (χ4v) is 5.23. The molecule has 36 heavy (non-hydrogen) atoms. The highest BCUT2D eigenvalue weighted by Crippen LogP contribution is 2.42. The van der Waals surface area contributed by atoms with E-state index in [0.717, 1.165) is 49.9 Å². The summed E-state index contributed by atoms with van der Waals surface area (Å²) in [6.45, 7) is 4.27. The van der Waals surface area contributed by atoms with E-state index in [1.807, 2.05) is 36.4 Å². The molecule has 172 valence electrons. The van der Waals surface area contributed by atoms with Crippen molar-refractivity contribution in [3.8, 4) is 39.6 Å². The first kappa shape index (κ1) is 21.8. The van der Waals surface area contributed by atoms with Crippen LogP contribution in [0, 0.1) is 25.2 Å². The Morgan fingerprint density at radius 2 is 1.33 bits per heavy atom. The lowest BCUT2D eigenvalue weighted by atomic mass is 9.96. The van der Waals surface area contributed by atoms with Crippen LogP contribution in [0.15, 0.2) is 101 Å². The van der Waals surface area contributed by atoms with Gasteiger partial charge < -0.3 is 4.42 Å². The van der Waals surface area contributed by atoms with Crippen LogP contribution in [-0.2, 0) is 7.05 Å². The molecule has 2 heterocycles. The number of benzene rings is 4. The average molecular weight is 466 g/mol. The van der Waals surface area contributed by atoms with Crippen LogP contribution in [0.3, 0.4) is 0 Å². The summed E-state index contributed by atoms with van der Waals surface area (Å²) >= 11 is 0. The Morgan fingerprint density at radius 3 is 2.00 bits per heavy atom. The number of aromatic nitrogens is 1. The monoisotopic (exact) mass is 465 g/mol. The molecular formula is C33H25N2O+. The zero-order valence-corrected chi connectivity index (χ0v) is 20.5. The predicted molar refractivity (Wildman–Crippen MR) is 145 cm³/mol. The van der Waals surface area contributed by atoms with Crippen LogP contribution in [0.1, 0.15) is 16.8 Å². The lowest BCUT2D eigenvalue weighted by molar-refractivity contribution is -0.666. The lowest BCUT2D eigenvalue weighted by Gasteiger charge is -2.10. The molecule has 3 nitrogen and oxygen atoms in total. The number of nitriles is 1. The molecule has 4 aromatic carbocycles. The predicted octanol–water partition coefficient (Wildman–Crippen LogP) is 7.90. The normalized spacial score (nSPS) is 11.2. The molecule has 0 fully saturated rings. The Labute approximate surface area is 210 Å². The minimum Gasteiger partial charge on any atom is -0.454 e.